The average molecular weight is 540 g/mol. The third-order valence-corrected chi connectivity index (χ3v) is 7.19. The van der Waals surface area contributed by atoms with Crippen LogP contribution >= 0.6 is 0 Å². The van der Waals surface area contributed by atoms with Gasteiger partial charge in [0.25, 0.3) is 0 Å². The van der Waals surface area contributed by atoms with Gasteiger partial charge in [-0.25, -0.2) is 19.3 Å². The van der Waals surface area contributed by atoms with Gasteiger partial charge in [0.15, 0.2) is 0 Å². The quantitative estimate of drug-likeness (QED) is 0.305. The van der Waals surface area contributed by atoms with Crippen LogP contribution in [0.1, 0.15) is 24.3 Å². The summed E-state index contributed by atoms with van der Waals surface area (Å²) in [6.07, 6.45) is 6.17. The number of benzene rings is 1. The number of hydrogen-bond donors (Lipinski definition) is 0. The van der Waals surface area contributed by atoms with Crippen molar-refractivity contribution in [2.75, 3.05) is 32.3 Å². The van der Waals surface area contributed by atoms with Crippen molar-refractivity contribution in [2.45, 2.75) is 18.8 Å². The van der Waals surface area contributed by atoms with E-state index in [0.29, 0.717) is 54.8 Å². The number of amides is 1. The molecule has 1 aliphatic heterocycles. The van der Waals surface area contributed by atoms with Gasteiger partial charge in [-0.3, -0.25) is 9.69 Å². The van der Waals surface area contributed by atoms with E-state index in [1.165, 1.54) is 6.07 Å². The van der Waals surface area contributed by atoms with Gasteiger partial charge in [-0.05, 0) is 59.9 Å². The van der Waals surface area contributed by atoms with Crippen LogP contribution < -0.4 is 14.4 Å². The number of nitrogens with zero attached hydrogens (tertiary/aromatic N) is 4. The summed E-state index contributed by atoms with van der Waals surface area (Å²) in [7, 11) is 4.93. The molecule has 8 nitrogen and oxygen atoms in total. The van der Waals surface area contributed by atoms with Crippen LogP contribution in [0.4, 0.5) is 10.2 Å². The molecule has 40 heavy (non-hydrogen) atoms. The van der Waals surface area contributed by atoms with E-state index in [4.69, 9.17) is 14.2 Å². The Bertz CT molecular complexity index is 1480. The van der Waals surface area contributed by atoms with Crippen molar-refractivity contribution in [1.29, 1.82) is 0 Å². The topological polar surface area (TPSA) is 86.7 Å². The molecule has 1 amide bonds. The highest BCUT2D eigenvalue weighted by atomic mass is 19.1. The van der Waals surface area contributed by atoms with Crippen LogP contribution in [0.2, 0.25) is 0 Å². The van der Waals surface area contributed by atoms with Gasteiger partial charge in [0.2, 0.25) is 17.7 Å². The lowest BCUT2D eigenvalue weighted by molar-refractivity contribution is -0.125. The summed E-state index contributed by atoms with van der Waals surface area (Å²) < 4.78 is 31.6. The van der Waals surface area contributed by atoms with Crippen molar-refractivity contribution >= 4 is 19.6 Å². The molecule has 3 aromatic heterocycles. The molecule has 4 heterocycles. The zero-order valence-electron chi connectivity index (χ0n) is 22.7. The van der Waals surface area contributed by atoms with E-state index in [0.717, 1.165) is 16.7 Å². The Morgan fingerprint density at radius 1 is 0.900 bits per heavy atom. The van der Waals surface area contributed by atoms with Crippen molar-refractivity contribution in [2.24, 2.45) is 5.92 Å². The fourth-order valence-electron chi connectivity index (χ4n) is 4.93. The first-order chi connectivity index (χ1) is 19.5. The van der Waals surface area contributed by atoms with Crippen LogP contribution in [0.15, 0.2) is 73.2 Å². The Labute approximate surface area is 233 Å². The molecule has 0 aliphatic carbocycles. The van der Waals surface area contributed by atoms with E-state index in [9.17, 15) is 4.79 Å². The van der Waals surface area contributed by atoms with Crippen molar-refractivity contribution < 1.29 is 23.4 Å². The van der Waals surface area contributed by atoms with Crippen LogP contribution in [-0.2, 0) is 9.53 Å². The second-order valence-electron chi connectivity index (χ2n) is 9.59. The number of ether oxygens (including phenoxy) is 3. The lowest BCUT2D eigenvalue weighted by atomic mass is 9.84. The fraction of sp³-hybridized carbons (Fsp3) is 0.267. The predicted octanol–water partition coefficient (Wildman–Crippen LogP) is 4.45. The lowest BCUT2D eigenvalue weighted by Crippen LogP contribution is -2.42. The van der Waals surface area contributed by atoms with Crippen LogP contribution in [0.5, 0.6) is 11.8 Å². The van der Waals surface area contributed by atoms with Crippen molar-refractivity contribution in [3.8, 4) is 34.0 Å². The van der Waals surface area contributed by atoms with Gasteiger partial charge in [-0.15, -0.1) is 0 Å². The highest BCUT2D eigenvalue weighted by molar-refractivity contribution is 6.17. The maximum atomic E-state index is 15.7. The molecule has 1 aromatic carbocycles. The van der Waals surface area contributed by atoms with Gasteiger partial charge >= 0.3 is 0 Å². The highest BCUT2D eigenvalue weighted by Crippen LogP contribution is 2.33. The third kappa shape index (κ3) is 5.82. The maximum absolute atomic E-state index is 15.7. The number of pyridine rings is 3. The third-order valence-electron chi connectivity index (χ3n) is 7.19. The Morgan fingerprint density at radius 2 is 1.57 bits per heavy atom. The van der Waals surface area contributed by atoms with E-state index in [2.05, 4.69) is 15.0 Å². The van der Waals surface area contributed by atoms with Crippen molar-refractivity contribution in [3.63, 3.8) is 0 Å². The molecular formula is C30H30BFN4O4. The molecule has 1 aliphatic rings. The summed E-state index contributed by atoms with van der Waals surface area (Å²) in [4.78, 5) is 28.6. The van der Waals surface area contributed by atoms with Gasteiger partial charge in [-0.1, -0.05) is 12.1 Å². The summed E-state index contributed by atoms with van der Waals surface area (Å²) in [6, 6.07) is 16.0. The number of carbonyl (C=O) groups excluding carboxylic acids is 1. The minimum Gasteiger partial charge on any atom is -0.481 e. The number of halogens is 1. The van der Waals surface area contributed by atoms with Crippen molar-refractivity contribution in [1.82, 2.24) is 15.0 Å². The molecule has 0 N–H and O–H groups in total. The standard InChI is InChI=1S/C30H30BFN4O4/c1-38-27-6-4-23(18-35-27)20-3-5-24(25(32)15-20)29(31)36(30(37)19-9-13-40-14-10-19)26-16-21(7-11-33-26)22-8-12-34-28(17-22)39-2/h3-8,11-12,15-19,29H,9-10,13-14,31H2,1-2H3. The predicted molar refractivity (Wildman–Crippen MR) is 153 cm³/mol. The van der Waals surface area contributed by atoms with Crippen molar-refractivity contribution in [3.05, 3.63) is 84.6 Å². The van der Waals surface area contributed by atoms with Gasteiger partial charge in [-0.2, -0.15) is 0 Å². The van der Waals surface area contributed by atoms with E-state index in [-0.39, 0.29) is 11.8 Å². The molecule has 1 saturated heterocycles. The first-order valence-electron chi connectivity index (χ1n) is 13.2. The molecule has 1 fully saturated rings. The normalized spacial score (nSPS) is 14.4. The molecule has 0 spiro atoms. The Kier molecular flexibility index (Phi) is 8.35. The molecule has 10 heteroatoms. The summed E-state index contributed by atoms with van der Waals surface area (Å²) in [5.74, 6) is 0.0325. The monoisotopic (exact) mass is 540 g/mol. The number of hydrogen-bond acceptors (Lipinski definition) is 7. The Hall–Kier alpha value is -4.31. The fourth-order valence-corrected chi connectivity index (χ4v) is 4.93. The minimum absolute atomic E-state index is 0.101. The summed E-state index contributed by atoms with van der Waals surface area (Å²) in [6.45, 7) is 1.03. The van der Waals surface area contributed by atoms with Gasteiger partial charge in [0.1, 0.15) is 19.5 Å². The Morgan fingerprint density at radius 3 is 2.25 bits per heavy atom. The molecule has 0 radical (unpaired) electrons. The van der Waals surface area contributed by atoms with Crippen LogP contribution in [0, 0.1) is 11.7 Å². The van der Waals surface area contributed by atoms with E-state index < -0.39 is 11.8 Å². The highest BCUT2D eigenvalue weighted by Gasteiger charge is 2.33. The maximum Gasteiger partial charge on any atom is 0.231 e. The van der Waals surface area contributed by atoms with Gasteiger partial charge in [0, 0.05) is 66.9 Å². The van der Waals surface area contributed by atoms with E-state index in [1.807, 2.05) is 44.2 Å². The summed E-state index contributed by atoms with van der Waals surface area (Å²) >= 11 is 0. The number of anilines is 1. The van der Waals surface area contributed by atoms with E-state index >= 15 is 4.39 Å². The largest absolute Gasteiger partial charge is 0.481 e. The molecule has 204 valence electrons. The molecular weight excluding hydrogens is 510 g/mol. The summed E-state index contributed by atoms with van der Waals surface area (Å²) in [5, 5.41) is 0. The van der Waals surface area contributed by atoms with Gasteiger partial charge < -0.3 is 14.2 Å². The SMILES string of the molecule is BC(c1ccc(-c2ccc(OC)nc2)cc1F)N(C(=O)C1CCOCC1)c1cc(-c2ccnc(OC)c2)ccn1. The zero-order valence-corrected chi connectivity index (χ0v) is 22.7. The molecule has 0 saturated carbocycles. The number of methoxy groups -OCH3 is 2. The number of rotatable bonds is 8. The lowest BCUT2D eigenvalue weighted by Gasteiger charge is -2.34. The molecule has 4 aromatic rings. The zero-order chi connectivity index (χ0) is 28.1. The van der Waals surface area contributed by atoms with Crippen LogP contribution in [0.25, 0.3) is 22.3 Å². The van der Waals surface area contributed by atoms with Crippen LogP contribution in [-0.4, -0.2) is 56.1 Å². The molecule has 1 unspecified atom stereocenters. The second-order valence-corrected chi connectivity index (χ2v) is 9.59. The first-order valence-corrected chi connectivity index (χ1v) is 13.2. The number of carbonyl (C=O) groups is 1. The average Bonchev–Trinajstić information content (AvgIpc) is 3.01. The van der Waals surface area contributed by atoms with Crippen LogP contribution in [0.3, 0.4) is 0 Å². The molecule has 1 atom stereocenters. The molecule has 5 rings (SSSR count). The van der Waals surface area contributed by atoms with Gasteiger partial charge in [0.05, 0.1) is 14.2 Å². The smallest absolute Gasteiger partial charge is 0.231 e. The number of aromatic nitrogens is 3. The first kappa shape index (κ1) is 27.3. The minimum atomic E-state index is -0.617. The molecule has 0 bridgehead atoms. The Balaban J connectivity index is 1.52. The van der Waals surface area contributed by atoms with E-state index in [1.54, 1.807) is 49.8 Å². The second kappa shape index (κ2) is 12.3. The summed E-state index contributed by atoms with van der Waals surface area (Å²) in [5.41, 5.74) is 3.54.